The summed E-state index contributed by atoms with van der Waals surface area (Å²) < 4.78 is 8.26. The fourth-order valence-corrected chi connectivity index (χ4v) is 0. The van der Waals surface area contributed by atoms with Gasteiger partial charge in [-0.3, -0.25) is 10.5 Å². The van der Waals surface area contributed by atoms with E-state index in [9.17, 15) is 0 Å². The third-order valence-corrected chi connectivity index (χ3v) is 0. The maximum atomic E-state index is 8.26. The topological polar surface area (TPSA) is 57.5 Å². The minimum atomic E-state index is 0.700. The van der Waals surface area contributed by atoms with E-state index < -0.39 is 0 Å². The summed E-state index contributed by atoms with van der Waals surface area (Å²) in [6.07, 6.45) is 0. The Bertz CT molecular complexity index is 3.25. The summed E-state index contributed by atoms with van der Waals surface area (Å²) in [7, 11) is 0. The van der Waals surface area contributed by atoms with E-state index in [-0.39, 0.29) is 0 Å². The van der Waals surface area contributed by atoms with E-state index in [4.69, 9.17) is 13.9 Å². The van der Waals surface area contributed by atoms with Gasteiger partial charge < -0.3 is 0 Å². The van der Waals surface area contributed by atoms with Gasteiger partial charge in [0.2, 0.25) is 0 Å². The van der Waals surface area contributed by atoms with Gasteiger partial charge in [0.15, 0.2) is 0 Å². The zero-order valence-corrected chi connectivity index (χ0v) is 3.72. The Kier molecular flexibility index (Phi) is 262. The molecule has 0 saturated carbocycles. The van der Waals surface area contributed by atoms with Crippen LogP contribution in [0.3, 0.4) is 0 Å². The van der Waals surface area contributed by atoms with E-state index in [1.54, 1.807) is 0 Å². The molecule has 0 aliphatic rings. The molecule has 0 fully saturated rings. The molecule has 0 heterocycles. The SMILES string of the molecule is OO.[O]=[Mo]. The first-order chi connectivity index (χ1) is 2.00. The summed E-state index contributed by atoms with van der Waals surface area (Å²) >= 11 is 0.700. The van der Waals surface area contributed by atoms with Crippen LogP contribution in [0.1, 0.15) is 0 Å². The van der Waals surface area contributed by atoms with Crippen LogP contribution in [0.5, 0.6) is 0 Å². The molecule has 0 aromatic rings. The van der Waals surface area contributed by atoms with Crippen molar-refractivity contribution < 1.29 is 33.7 Å². The molecule has 0 spiro atoms. The normalized spacial score (nSPS) is 2.50. The van der Waals surface area contributed by atoms with E-state index in [1.165, 1.54) is 0 Å². The van der Waals surface area contributed by atoms with Gasteiger partial charge in [0.05, 0.1) is 0 Å². The van der Waals surface area contributed by atoms with Gasteiger partial charge in [-0.15, -0.1) is 0 Å². The average Bonchev–Trinajstić information content (AvgIpc) is 1.50. The molecule has 0 radical (unpaired) electrons. The van der Waals surface area contributed by atoms with Crippen molar-refractivity contribution >= 4 is 0 Å². The van der Waals surface area contributed by atoms with Crippen LogP contribution in [-0.4, -0.2) is 10.5 Å². The molecule has 0 aliphatic heterocycles. The molecule has 0 atom stereocenters. The molecular formula is H2MoO3. The number of hydrogen-bond donors (Lipinski definition) is 2. The van der Waals surface area contributed by atoms with Crippen molar-refractivity contribution in [3.05, 3.63) is 0 Å². The summed E-state index contributed by atoms with van der Waals surface area (Å²) in [5, 5.41) is 12.0. The Hall–Kier alpha value is 0.408. The predicted octanol–water partition coefficient (Wildman–Crippen LogP) is -0.104. The molecule has 4 heteroatoms. The summed E-state index contributed by atoms with van der Waals surface area (Å²) in [5.41, 5.74) is 0. The second-order valence-corrected chi connectivity index (χ2v) is 0. The van der Waals surface area contributed by atoms with Gasteiger partial charge in [-0.25, -0.2) is 0 Å². The molecule has 0 aliphatic carbocycles. The third kappa shape index (κ3) is 28.7. The molecule has 3 nitrogen and oxygen atoms in total. The van der Waals surface area contributed by atoms with Crippen LogP contribution in [0, 0.1) is 0 Å². The van der Waals surface area contributed by atoms with Crippen LogP contribution in [-0.2, 0) is 23.2 Å². The van der Waals surface area contributed by atoms with Crippen LogP contribution in [0.4, 0.5) is 0 Å². The standard InChI is InChI=1S/Mo.H2O2.O/c;1-2;/h;1-2H;. The predicted molar refractivity (Wildman–Crippen MR) is 5.94 cm³/mol. The molecule has 4 heavy (non-hydrogen) atoms. The Labute approximate surface area is 34.4 Å². The van der Waals surface area contributed by atoms with Gasteiger partial charge in [-0.2, -0.15) is 0 Å². The van der Waals surface area contributed by atoms with Crippen molar-refractivity contribution in [2.24, 2.45) is 0 Å². The van der Waals surface area contributed by atoms with Crippen LogP contribution in [0.25, 0.3) is 0 Å². The van der Waals surface area contributed by atoms with Gasteiger partial charge in [-0.1, -0.05) is 0 Å². The Balaban J connectivity index is 0. The van der Waals surface area contributed by atoms with Crippen molar-refractivity contribution in [1.29, 1.82) is 0 Å². The quantitative estimate of drug-likeness (QED) is 0.285. The summed E-state index contributed by atoms with van der Waals surface area (Å²) in [4.78, 5) is 0. The Morgan fingerprint density at radius 3 is 1.25 bits per heavy atom. The summed E-state index contributed by atoms with van der Waals surface area (Å²) in [5.74, 6) is 0. The van der Waals surface area contributed by atoms with E-state index in [1.807, 2.05) is 0 Å². The fourth-order valence-electron chi connectivity index (χ4n) is 0. The first-order valence-corrected chi connectivity index (χ1v) is 1.19. The minimum absolute atomic E-state index is 0.700. The van der Waals surface area contributed by atoms with Crippen LogP contribution >= 0.6 is 0 Å². The number of rotatable bonds is 0. The van der Waals surface area contributed by atoms with Gasteiger partial charge in [0.25, 0.3) is 0 Å². The molecule has 2 N–H and O–H groups in total. The molecule has 0 aromatic carbocycles. The molecule has 0 saturated heterocycles. The number of hydrogen-bond acceptors (Lipinski definition) is 3. The van der Waals surface area contributed by atoms with Crippen LogP contribution in [0.2, 0.25) is 0 Å². The van der Waals surface area contributed by atoms with Gasteiger partial charge in [0, 0.05) is 0 Å². The van der Waals surface area contributed by atoms with Gasteiger partial charge in [-0.05, 0) is 0 Å². The molecule has 26 valence electrons. The van der Waals surface area contributed by atoms with E-state index in [0.717, 1.165) is 0 Å². The van der Waals surface area contributed by atoms with Crippen molar-refractivity contribution in [3.63, 3.8) is 0 Å². The van der Waals surface area contributed by atoms with Crippen LogP contribution in [0.15, 0.2) is 0 Å². The molecular weight excluding hydrogens is 144 g/mol. The Morgan fingerprint density at radius 2 is 1.25 bits per heavy atom. The summed E-state index contributed by atoms with van der Waals surface area (Å²) in [6.45, 7) is 0. The molecule has 0 bridgehead atoms. The monoisotopic (exact) mass is 148 g/mol. The van der Waals surface area contributed by atoms with E-state index in [2.05, 4.69) is 0 Å². The maximum absolute atomic E-state index is 8.26. The average molecular weight is 146 g/mol. The third-order valence-electron chi connectivity index (χ3n) is 0. The zero-order chi connectivity index (χ0) is 4.00. The fraction of sp³-hybridized carbons (Fsp3) is 0. The molecule has 0 rings (SSSR count). The first kappa shape index (κ1) is 8.83. The van der Waals surface area contributed by atoms with E-state index in [0.29, 0.717) is 19.8 Å². The molecule has 0 amide bonds. The van der Waals surface area contributed by atoms with Gasteiger partial charge in [0.1, 0.15) is 0 Å². The second-order valence-electron chi connectivity index (χ2n) is 0. The van der Waals surface area contributed by atoms with Crippen molar-refractivity contribution in [1.82, 2.24) is 0 Å². The second kappa shape index (κ2) is 119. The molecule has 0 aromatic heterocycles. The van der Waals surface area contributed by atoms with Crippen molar-refractivity contribution in [3.8, 4) is 0 Å². The Morgan fingerprint density at radius 1 is 1.25 bits per heavy atom. The first-order valence-electron chi connectivity index (χ1n) is 0.367. The zero-order valence-electron chi connectivity index (χ0n) is 1.71. The van der Waals surface area contributed by atoms with E-state index >= 15 is 0 Å². The van der Waals surface area contributed by atoms with Crippen molar-refractivity contribution in [2.75, 3.05) is 0 Å². The summed E-state index contributed by atoms with van der Waals surface area (Å²) in [6, 6.07) is 0. The van der Waals surface area contributed by atoms with Gasteiger partial charge >= 0.3 is 23.2 Å². The molecule has 0 unspecified atom stereocenters. The van der Waals surface area contributed by atoms with Crippen LogP contribution < -0.4 is 0 Å². The van der Waals surface area contributed by atoms with Crippen molar-refractivity contribution in [2.45, 2.75) is 0 Å².